The molecule has 0 aromatic heterocycles. The van der Waals surface area contributed by atoms with E-state index in [0.29, 0.717) is 13.1 Å². The van der Waals surface area contributed by atoms with E-state index in [9.17, 15) is 19.7 Å². The standard InChI is InChI=1S/C14H17N3O6/c18-13(22-10-11-6-2-1-3-7-11)15-12(17(20)21)23-14(19)16-8-4-5-9-16/h1-3,6-7,12H,4-5,8-10H2,(H,15,18). The lowest BCUT2D eigenvalue weighted by Crippen LogP contribution is -2.46. The van der Waals surface area contributed by atoms with Gasteiger partial charge in [-0.1, -0.05) is 30.3 Å². The van der Waals surface area contributed by atoms with Gasteiger partial charge in [0.25, 0.3) is 0 Å². The van der Waals surface area contributed by atoms with Crippen molar-refractivity contribution in [2.45, 2.75) is 25.8 Å². The van der Waals surface area contributed by atoms with Crippen LogP contribution in [-0.4, -0.2) is 41.5 Å². The van der Waals surface area contributed by atoms with E-state index in [1.807, 2.05) is 11.4 Å². The van der Waals surface area contributed by atoms with Crippen molar-refractivity contribution in [1.29, 1.82) is 0 Å². The molecule has 1 heterocycles. The smallest absolute Gasteiger partial charge is 0.444 e. The number of hydrogen-bond donors (Lipinski definition) is 1. The van der Waals surface area contributed by atoms with E-state index >= 15 is 0 Å². The highest BCUT2D eigenvalue weighted by Crippen LogP contribution is 2.10. The second-order valence-electron chi connectivity index (χ2n) is 4.92. The number of rotatable bonds is 5. The SMILES string of the molecule is O=C(NC(OC(=O)N1CCCC1)[N+](=O)[O-])OCc1ccccc1. The first-order valence-corrected chi connectivity index (χ1v) is 7.12. The first kappa shape index (κ1) is 16.5. The fraction of sp³-hybridized carbons (Fsp3) is 0.429. The Morgan fingerprint density at radius 3 is 2.52 bits per heavy atom. The molecule has 2 amide bonds. The first-order valence-electron chi connectivity index (χ1n) is 7.12. The van der Waals surface area contributed by atoms with Crippen LogP contribution < -0.4 is 5.32 Å². The number of amides is 2. The molecule has 1 aliphatic heterocycles. The number of nitrogens with zero attached hydrogens (tertiary/aromatic N) is 2. The summed E-state index contributed by atoms with van der Waals surface area (Å²) in [6.45, 7) is 0.931. The van der Waals surface area contributed by atoms with Gasteiger partial charge in [-0.25, -0.2) is 14.9 Å². The molecular formula is C14H17N3O6. The van der Waals surface area contributed by atoms with Gasteiger partial charge in [0.15, 0.2) is 0 Å². The molecule has 1 aromatic rings. The van der Waals surface area contributed by atoms with Crippen LogP contribution in [0, 0.1) is 10.1 Å². The predicted molar refractivity (Wildman–Crippen MR) is 77.8 cm³/mol. The van der Waals surface area contributed by atoms with Crippen molar-refractivity contribution < 1.29 is 24.0 Å². The Kier molecular flexibility index (Phi) is 5.73. The lowest BCUT2D eigenvalue weighted by molar-refractivity contribution is -0.572. The van der Waals surface area contributed by atoms with Crippen molar-refractivity contribution in [3.8, 4) is 0 Å². The summed E-state index contributed by atoms with van der Waals surface area (Å²) in [5.41, 5.74) is 0.731. The van der Waals surface area contributed by atoms with E-state index in [1.165, 1.54) is 4.90 Å². The predicted octanol–water partition coefficient (Wildman–Crippen LogP) is 1.71. The minimum absolute atomic E-state index is 0.0445. The molecule has 9 nitrogen and oxygen atoms in total. The van der Waals surface area contributed by atoms with Crippen molar-refractivity contribution in [3.05, 3.63) is 46.0 Å². The third-order valence-corrected chi connectivity index (χ3v) is 3.22. The van der Waals surface area contributed by atoms with Crippen molar-refractivity contribution in [2.24, 2.45) is 0 Å². The molecule has 2 rings (SSSR count). The van der Waals surface area contributed by atoms with Crippen LogP contribution >= 0.6 is 0 Å². The Labute approximate surface area is 132 Å². The first-order chi connectivity index (χ1) is 11.1. The lowest BCUT2D eigenvalue weighted by Gasteiger charge is -2.17. The summed E-state index contributed by atoms with van der Waals surface area (Å²) in [6.07, 6.45) is -2.20. The molecule has 0 bridgehead atoms. The number of benzene rings is 1. The minimum Gasteiger partial charge on any atom is -0.444 e. The van der Waals surface area contributed by atoms with Crippen molar-refractivity contribution in [1.82, 2.24) is 10.2 Å². The maximum atomic E-state index is 11.7. The van der Waals surface area contributed by atoms with Crippen LogP contribution in [0.5, 0.6) is 0 Å². The topological polar surface area (TPSA) is 111 Å². The Balaban J connectivity index is 1.82. The van der Waals surface area contributed by atoms with Gasteiger partial charge >= 0.3 is 18.5 Å². The van der Waals surface area contributed by atoms with Gasteiger partial charge in [-0.05, 0) is 18.4 Å². The van der Waals surface area contributed by atoms with Gasteiger partial charge in [-0.3, -0.25) is 10.1 Å². The van der Waals surface area contributed by atoms with E-state index in [2.05, 4.69) is 0 Å². The zero-order chi connectivity index (χ0) is 16.7. The molecule has 9 heteroatoms. The van der Waals surface area contributed by atoms with Gasteiger partial charge in [-0.2, -0.15) is 0 Å². The van der Waals surface area contributed by atoms with Gasteiger partial charge in [0.05, 0.1) is 4.92 Å². The maximum absolute atomic E-state index is 11.7. The number of nitrogens with one attached hydrogen (secondary N) is 1. The highest BCUT2D eigenvalue weighted by Gasteiger charge is 2.31. The summed E-state index contributed by atoms with van der Waals surface area (Å²) < 4.78 is 9.55. The fourth-order valence-corrected chi connectivity index (χ4v) is 2.06. The van der Waals surface area contributed by atoms with Crippen LogP contribution in [0.4, 0.5) is 9.59 Å². The molecule has 0 saturated carbocycles. The molecule has 124 valence electrons. The van der Waals surface area contributed by atoms with Crippen LogP contribution in [0.3, 0.4) is 0 Å². The number of nitro groups is 1. The molecule has 0 spiro atoms. The van der Waals surface area contributed by atoms with Crippen molar-refractivity contribution in [3.63, 3.8) is 0 Å². The van der Waals surface area contributed by atoms with Crippen molar-refractivity contribution in [2.75, 3.05) is 13.1 Å². The van der Waals surface area contributed by atoms with Crippen LogP contribution in [0.1, 0.15) is 18.4 Å². The van der Waals surface area contributed by atoms with Gasteiger partial charge < -0.3 is 14.4 Å². The molecule has 1 N–H and O–H groups in total. The van der Waals surface area contributed by atoms with Crippen LogP contribution in [-0.2, 0) is 16.1 Å². The average molecular weight is 323 g/mol. The fourth-order valence-electron chi connectivity index (χ4n) is 2.06. The summed E-state index contributed by atoms with van der Waals surface area (Å²) in [5.74, 6) is 0. The average Bonchev–Trinajstić information content (AvgIpc) is 3.07. The molecule has 1 saturated heterocycles. The number of alkyl carbamates (subject to hydrolysis) is 1. The largest absolute Gasteiger partial charge is 0.446 e. The Morgan fingerprint density at radius 1 is 1.26 bits per heavy atom. The van der Waals surface area contributed by atoms with Crippen molar-refractivity contribution >= 4 is 12.2 Å². The minimum atomic E-state index is -1.98. The van der Waals surface area contributed by atoms with Gasteiger partial charge in [0.1, 0.15) is 6.61 Å². The normalized spacial score (nSPS) is 14.9. The van der Waals surface area contributed by atoms with Gasteiger partial charge in [-0.15, -0.1) is 0 Å². The van der Waals surface area contributed by atoms with Gasteiger partial charge in [0.2, 0.25) is 0 Å². The summed E-state index contributed by atoms with van der Waals surface area (Å²) in [6, 6.07) is 8.84. The number of ether oxygens (including phenoxy) is 2. The second-order valence-corrected chi connectivity index (χ2v) is 4.92. The molecule has 1 aromatic carbocycles. The van der Waals surface area contributed by atoms with E-state index in [1.54, 1.807) is 24.3 Å². The van der Waals surface area contributed by atoms with Crippen LogP contribution in [0.25, 0.3) is 0 Å². The Morgan fingerprint density at radius 2 is 1.91 bits per heavy atom. The van der Waals surface area contributed by atoms with E-state index in [0.717, 1.165) is 18.4 Å². The molecule has 1 atom stereocenters. The molecular weight excluding hydrogens is 306 g/mol. The Hall–Kier alpha value is -2.84. The maximum Gasteiger partial charge on any atom is 0.446 e. The quantitative estimate of drug-likeness (QED) is 0.501. The monoisotopic (exact) mass is 323 g/mol. The van der Waals surface area contributed by atoms with Gasteiger partial charge in [0, 0.05) is 13.1 Å². The molecule has 1 aliphatic rings. The molecule has 0 radical (unpaired) electrons. The highest BCUT2D eigenvalue weighted by molar-refractivity contribution is 5.70. The zero-order valence-corrected chi connectivity index (χ0v) is 12.3. The summed E-state index contributed by atoms with van der Waals surface area (Å²) in [4.78, 5) is 34.7. The molecule has 1 unspecified atom stereocenters. The summed E-state index contributed by atoms with van der Waals surface area (Å²) in [5, 5.41) is 12.8. The third-order valence-electron chi connectivity index (χ3n) is 3.22. The Bertz CT molecular complexity index is 559. The van der Waals surface area contributed by atoms with Crippen LogP contribution in [0.2, 0.25) is 0 Å². The number of hydrogen-bond acceptors (Lipinski definition) is 6. The molecule has 1 fully saturated rings. The second kappa shape index (κ2) is 7.97. The third kappa shape index (κ3) is 5.13. The van der Waals surface area contributed by atoms with Crippen LogP contribution in [0.15, 0.2) is 30.3 Å². The highest BCUT2D eigenvalue weighted by atomic mass is 16.7. The zero-order valence-electron chi connectivity index (χ0n) is 12.3. The summed E-state index contributed by atoms with van der Waals surface area (Å²) >= 11 is 0. The van der Waals surface area contributed by atoms with E-state index in [-0.39, 0.29) is 6.61 Å². The number of likely N-dealkylation sites (tertiary alicyclic amines) is 1. The number of carbonyl (C=O) groups is 2. The number of carbonyl (C=O) groups excluding carboxylic acids is 2. The molecule has 23 heavy (non-hydrogen) atoms. The van der Waals surface area contributed by atoms with E-state index in [4.69, 9.17) is 9.47 Å². The lowest BCUT2D eigenvalue weighted by atomic mass is 10.2. The molecule has 0 aliphatic carbocycles. The summed E-state index contributed by atoms with van der Waals surface area (Å²) in [7, 11) is 0. The van der Waals surface area contributed by atoms with E-state index < -0.39 is 23.5 Å².